The summed E-state index contributed by atoms with van der Waals surface area (Å²) < 4.78 is 37.3. The number of anilines is 2. The van der Waals surface area contributed by atoms with Gasteiger partial charge in [-0.05, 0) is 37.0 Å². The highest BCUT2D eigenvalue weighted by Gasteiger charge is 2.30. The molecule has 1 fully saturated rings. The van der Waals surface area contributed by atoms with Crippen LogP contribution in [0.1, 0.15) is 31.2 Å². The SMILES string of the molecule is Nc1cc(C(F)(F)F)ccc1NCCCC1CC1. The van der Waals surface area contributed by atoms with Crippen LogP contribution in [-0.2, 0) is 6.18 Å². The topological polar surface area (TPSA) is 38.0 Å². The van der Waals surface area contributed by atoms with Crippen LogP contribution in [0.15, 0.2) is 18.2 Å². The molecule has 1 saturated carbocycles. The van der Waals surface area contributed by atoms with Crippen molar-refractivity contribution in [2.24, 2.45) is 5.92 Å². The monoisotopic (exact) mass is 258 g/mol. The van der Waals surface area contributed by atoms with E-state index in [1.165, 1.54) is 25.3 Å². The Balaban J connectivity index is 1.88. The van der Waals surface area contributed by atoms with Crippen LogP contribution in [0.3, 0.4) is 0 Å². The number of halogens is 3. The highest BCUT2D eigenvalue weighted by molar-refractivity contribution is 5.67. The molecule has 3 N–H and O–H groups in total. The first kappa shape index (κ1) is 13.1. The Hall–Kier alpha value is -1.39. The van der Waals surface area contributed by atoms with Gasteiger partial charge in [0, 0.05) is 6.54 Å². The second kappa shape index (κ2) is 5.08. The van der Waals surface area contributed by atoms with Crippen LogP contribution < -0.4 is 11.1 Å². The van der Waals surface area contributed by atoms with Gasteiger partial charge in [-0.3, -0.25) is 0 Å². The molecule has 0 radical (unpaired) electrons. The Kier molecular flexibility index (Phi) is 3.68. The van der Waals surface area contributed by atoms with E-state index >= 15 is 0 Å². The molecule has 0 amide bonds. The summed E-state index contributed by atoms with van der Waals surface area (Å²) in [5.74, 6) is 0.872. The third-order valence-corrected chi connectivity index (χ3v) is 3.18. The molecule has 0 atom stereocenters. The summed E-state index contributed by atoms with van der Waals surface area (Å²) in [4.78, 5) is 0. The van der Waals surface area contributed by atoms with Crippen LogP contribution >= 0.6 is 0 Å². The number of alkyl halides is 3. The molecule has 1 aromatic carbocycles. The summed E-state index contributed by atoms with van der Waals surface area (Å²) >= 11 is 0. The van der Waals surface area contributed by atoms with E-state index < -0.39 is 11.7 Å². The van der Waals surface area contributed by atoms with Crippen molar-refractivity contribution in [3.63, 3.8) is 0 Å². The fourth-order valence-electron chi connectivity index (χ4n) is 1.92. The Morgan fingerprint density at radius 2 is 2.00 bits per heavy atom. The molecule has 2 nitrogen and oxygen atoms in total. The maximum absolute atomic E-state index is 12.4. The summed E-state index contributed by atoms with van der Waals surface area (Å²) in [7, 11) is 0. The normalized spacial score (nSPS) is 15.7. The van der Waals surface area contributed by atoms with Crippen molar-refractivity contribution in [1.29, 1.82) is 0 Å². The molecule has 1 aliphatic rings. The van der Waals surface area contributed by atoms with Crippen molar-refractivity contribution in [2.75, 3.05) is 17.6 Å². The fraction of sp³-hybridized carbons (Fsp3) is 0.538. The van der Waals surface area contributed by atoms with E-state index in [1.54, 1.807) is 0 Å². The molecular formula is C13H17F3N2. The molecule has 0 aliphatic heterocycles. The van der Waals surface area contributed by atoms with E-state index in [-0.39, 0.29) is 5.69 Å². The minimum absolute atomic E-state index is 0.149. The molecule has 0 saturated heterocycles. The Bertz CT molecular complexity index is 411. The first-order valence-corrected chi connectivity index (χ1v) is 6.17. The van der Waals surface area contributed by atoms with Crippen molar-refractivity contribution in [1.82, 2.24) is 0 Å². The number of hydrogen-bond acceptors (Lipinski definition) is 2. The van der Waals surface area contributed by atoms with Crippen molar-refractivity contribution >= 4 is 11.4 Å². The summed E-state index contributed by atoms with van der Waals surface area (Å²) in [5.41, 5.74) is 5.64. The zero-order valence-electron chi connectivity index (χ0n) is 10.1. The maximum atomic E-state index is 12.4. The average molecular weight is 258 g/mol. The lowest BCUT2D eigenvalue weighted by molar-refractivity contribution is -0.137. The van der Waals surface area contributed by atoms with E-state index in [2.05, 4.69) is 5.32 Å². The summed E-state index contributed by atoms with van der Waals surface area (Å²) in [6.07, 6.45) is 0.530. The smallest absolute Gasteiger partial charge is 0.397 e. The summed E-state index contributed by atoms with van der Waals surface area (Å²) in [6, 6.07) is 3.43. The molecule has 1 aromatic rings. The van der Waals surface area contributed by atoms with E-state index in [1.807, 2.05) is 0 Å². The number of nitrogens with two attached hydrogens (primary N) is 1. The number of hydrogen-bond donors (Lipinski definition) is 2. The predicted molar refractivity (Wildman–Crippen MR) is 66.3 cm³/mol. The van der Waals surface area contributed by atoms with Gasteiger partial charge in [0.1, 0.15) is 0 Å². The van der Waals surface area contributed by atoms with Gasteiger partial charge in [-0.25, -0.2) is 0 Å². The highest BCUT2D eigenvalue weighted by atomic mass is 19.4. The van der Waals surface area contributed by atoms with E-state index in [0.717, 1.165) is 31.0 Å². The van der Waals surface area contributed by atoms with Gasteiger partial charge < -0.3 is 11.1 Å². The van der Waals surface area contributed by atoms with Crippen LogP contribution in [0.5, 0.6) is 0 Å². The van der Waals surface area contributed by atoms with Gasteiger partial charge >= 0.3 is 6.18 Å². The Morgan fingerprint density at radius 3 is 2.56 bits per heavy atom. The molecule has 5 heteroatoms. The van der Waals surface area contributed by atoms with Gasteiger partial charge in [-0.2, -0.15) is 13.2 Å². The standard InChI is InChI=1S/C13H17F3N2/c14-13(15,16)10-5-6-12(11(17)8-10)18-7-1-2-9-3-4-9/h5-6,8-9,18H,1-4,7,17H2. The third-order valence-electron chi connectivity index (χ3n) is 3.18. The second-order valence-electron chi connectivity index (χ2n) is 4.81. The van der Waals surface area contributed by atoms with Gasteiger partial charge in [0.15, 0.2) is 0 Å². The lowest BCUT2D eigenvalue weighted by Gasteiger charge is -2.12. The summed E-state index contributed by atoms with van der Waals surface area (Å²) in [5, 5.41) is 3.08. The largest absolute Gasteiger partial charge is 0.416 e. The predicted octanol–water partition coefficient (Wildman–Crippen LogP) is 3.89. The van der Waals surface area contributed by atoms with Crippen LogP contribution in [0, 0.1) is 5.92 Å². The number of rotatable bonds is 5. The van der Waals surface area contributed by atoms with Gasteiger partial charge in [0.25, 0.3) is 0 Å². The number of nitrogens with one attached hydrogen (secondary N) is 1. The Labute approximate surface area is 104 Å². The van der Waals surface area contributed by atoms with Crippen molar-refractivity contribution in [3.8, 4) is 0 Å². The maximum Gasteiger partial charge on any atom is 0.416 e. The van der Waals surface area contributed by atoms with Crippen LogP contribution in [0.4, 0.5) is 24.5 Å². The highest BCUT2D eigenvalue weighted by Crippen LogP contribution is 2.34. The van der Waals surface area contributed by atoms with Gasteiger partial charge in [-0.15, -0.1) is 0 Å². The van der Waals surface area contributed by atoms with Crippen LogP contribution in [-0.4, -0.2) is 6.54 Å². The molecular weight excluding hydrogens is 241 g/mol. The third kappa shape index (κ3) is 3.55. The molecule has 0 spiro atoms. The van der Waals surface area contributed by atoms with Gasteiger partial charge in [0.05, 0.1) is 16.9 Å². The van der Waals surface area contributed by atoms with Crippen molar-refractivity contribution in [2.45, 2.75) is 31.9 Å². The van der Waals surface area contributed by atoms with Crippen molar-refractivity contribution < 1.29 is 13.2 Å². The number of benzene rings is 1. The van der Waals surface area contributed by atoms with Crippen LogP contribution in [0.2, 0.25) is 0 Å². The van der Waals surface area contributed by atoms with E-state index in [4.69, 9.17) is 5.73 Å². The first-order valence-electron chi connectivity index (χ1n) is 6.17. The van der Waals surface area contributed by atoms with Gasteiger partial charge in [0.2, 0.25) is 0 Å². The number of nitrogen functional groups attached to an aromatic ring is 1. The van der Waals surface area contributed by atoms with E-state index in [0.29, 0.717) is 5.69 Å². The molecule has 1 aliphatic carbocycles. The molecule has 0 bridgehead atoms. The van der Waals surface area contributed by atoms with Crippen LogP contribution in [0.25, 0.3) is 0 Å². The fourth-order valence-corrected chi connectivity index (χ4v) is 1.92. The second-order valence-corrected chi connectivity index (χ2v) is 4.81. The lowest BCUT2D eigenvalue weighted by atomic mass is 10.1. The zero-order chi connectivity index (χ0) is 13.2. The first-order chi connectivity index (χ1) is 8.47. The quantitative estimate of drug-likeness (QED) is 0.621. The summed E-state index contributed by atoms with van der Waals surface area (Å²) in [6.45, 7) is 0.756. The lowest BCUT2D eigenvalue weighted by Crippen LogP contribution is -2.08. The molecule has 0 unspecified atom stereocenters. The van der Waals surface area contributed by atoms with Gasteiger partial charge in [-0.1, -0.05) is 12.8 Å². The minimum Gasteiger partial charge on any atom is -0.397 e. The molecule has 2 rings (SSSR count). The zero-order valence-corrected chi connectivity index (χ0v) is 10.1. The van der Waals surface area contributed by atoms with E-state index in [9.17, 15) is 13.2 Å². The molecule has 0 aromatic heterocycles. The Morgan fingerprint density at radius 1 is 1.28 bits per heavy atom. The molecule has 0 heterocycles. The molecule has 100 valence electrons. The minimum atomic E-state index is -4.33. The average Bonchev–Trinajstić information content (AvgIpc) is 3.08. The van der Waals surface area contributed by atoms with Crippen molar-refractivity contribution in [3.05, 3.63) is 23.8 Å². The molecule has 18 heavy (non-hydrogen) atoms.